The van der Waals surface area contributed by atoms with Gasteiger partial charge in [0.1, 0.15) is 0 Å². The molecule has 1 fully saturated rings. The van der Waals surface area contributed by atoms with Crippen LogP contribution >= 0.6 is 0 Å². The molecule has 16 heavy (non-hydrogen) atoms. The summed E-state index contributed by atoms with van der Waals surface area (Å²) in [5.74, 6) is -0.0989. The number of amides is 2. The molecule has 0 spiro atoms. The van der Waals surface area contributed by atoms with Gasteiger partial charge < -0.3 is 10.2 Å². The second kappa shape index (κ2) is 4.85. The molecule has 2 amide bonds. The molecule has 0 saturated carbocycles. The van der Waals surface area contributed by atoms with Crippen molar-refractivity contribution >= 4 is 11.8 Å². The van der Waals surface area contributed by atoms with E-state index in [-0.39, 0.29) is 23.3 Å². The third kappa shape index (κ3) is 3.22. The number of nitrogens with one attached hydrogen (secondary N) is 1. The van der Waals surface area contributed by atoms with Crippen LogP contribution in [-0.2, 0) is 9.59 Å². The number of hydrogen-bond acceptors (Lipinski definition) is 2. The topological polar surface area (TPSA) is 49.4 Å². The fourth-order valence-electron chi connectivity index (χ4n) is 2.16. The van der Waals surface area contributed by atoms with Gasteiger partial charge in [-0.15, -0.1) is 0 Å². The van der Waals surface area contributed by atoms with Gasteiger partial charge in [-0.05, 0) is 20.3 Å². The van der Waals surface area contributed by atoms with Crippen LogP contribution in [0.5, 0.6) is 0 Å². The minimum atomic E-state index is -0.173. The first-order valence-electron chi connectivity index (χ1n) is 5.91. The number of likely N-dealkylation sites (tertiary alicyclic amines) is 1. The standard InChI is InChI=1S/C12H22N2O2/c1-5-6-12(2,3)13-11(16)9-7-10(15)14(4)8-9/h9H,5-8H2,1-4H3,(H,13,16). The summed E-state index contributed by atoms with van der Waals surface area (Å²) >= 11 is 0. The molecule has 0 bridgehead atoms. The van der Waals surface area contributed by atoms with Crippen LogP contribution < -0.4 is 5.32 Å². The van der Waals surface area contributed by atoms with Crippen molar-refractivity contribution in [2.24, 2.45) is 5.92 Å². The van der Waals surface area contributed by atoms with Gasteiger partial charge in [-0.3, -0.25) is 9.59 Å². The summed E-state index contributed by atoms with van der Waals surface area (Å²) in [6, 6.07) is 0. The number of rotatable bonds is 4. The van der Waals surface area contributed by atoms with Crippen LogP contribution in [0.15, 0.2) is 0 Å². The maximum atomic E-state index is 11.9. The van der Waals surface area contributed by atoms with Crippen molar-refractivity contribution in [3.05, 3.63) is 0 Å². The second-order valence-corrected chi connectivity index (χ2v) is 5.30. The monoisotopic (exact) mass is 226 g/mol. The molecule has 1 rings (SSSR count). The summed E-state index contributed by atoms with van der Waals surface area (Å²) in [5.41, 5.74) is -0.171. The molecule has 0 aromatic carbocycles. The molecule has 4 heteroatoms. The molecular formula is C12H22N2O2. The molecule has 1 aliphatic rings. The fourth-order valence-corrected chi connectivity index (χ4v) is 2.16. The normalized spacial score (nSPS) is 21.4. The summed E-state index contributed by atoms with van der Waals surface area (Å²) < 4.78 is 0. The van der Waals surface area contributed by atoms with E-state index in [2.05, 4.69) is 12.2 Å². The highest BCUT2D eigenvalue weighted by Gasteiger charge is 2.34. The van der Waals surface area contributed by atoms with E-state index in [1.165, 1.54) is 0 Å². The SMILES string of the molecule is CCCC(C)(C)NC(=O)C1CC(=O)N(C)C1. The van der Waals surface area contributed by atoms with Crippen molar-refractivity contribution in [1.29, 1.82) is 0 Å². The summed E-state index contributed by atoms with van der Waals surface area (Å²) in [6.07, 6.45) is 2.34. The second-order valence-electron chi connectivity index (χ2n) is 5.30. The Bertz CT molecular complexity index is 287. The molecule has 0 aromatic rings. The van der Waals surface area contributed by atoms with Gasteiger partial charge in [-0.25, -0.2) is 0 Å². The smallest absolute Gasteiger partial charge is 0.225 e. The van der Waals surface area contributed by atoms with Gasteiger partial charge in [-0.1, -0.05) is 13.3 Å². The Morgan fingerprint density at radius 3 is 2.62 bits per heavy atom. The van der Waals surface area contributed by atoms with Gasteiger partial charge in [0.15, 0.2) is 0 Å². The van der Waals surface area contributed by atoms with Gasteiger partial charge >= 0.3 is 0 Å². The maximum absolute atomic E-state index is 11.9. The lowest BCUT2D eigenvalue weighted by molar-refractivity contribution is -0.129. The third-order valence-electron chi connectivity index (χ3n) is 3.05. The Labute approximate surface area is 97.4 Å². The highest BCUT2D eigenvalue weighted by atomic mass is 16.2. The highest BCUT2D eigenvalue weighted by molar-refractivity contribution is 5.89. The van der Waals surface area contributed by atoms with Gasteiger partial charge in [0.2, 0.25) is 11.8 Å². The van der Waals surface area contributed by atoms with E-state index < -0.39 is 0 Å². The Morgan fingerprint density at radius 1 is 1.56 bits per heavy atom. The highest BCUT2D eigenvalue weighted by Crippen LogP contribution is 2.18. The van der Waals surface area contributed by atoms with E-state index in [1.54, 1.807) is 11.9 Å². The number of carbonyl (C=O) groups is 2. The van der Waals surface area contributed by atoms with E-state index in [4.69, 9.17) is 0 Å². The van der Waals surface area contributed by atoms with Gasteiger partial charge in [0.05, 0.1) is 5.92 Å². The molecule has 0 radical (unpaired) electrons. The molecule has 4 nitrogen and oxygen atoms in total. The van der Waals surface area contributed by atoms with Crippen LogP contribution in [0.2, 0.25) is 0 Å². The lowest BCUT2D eigenvalue weighted by atomic mass is 9.97. The zero-order valence-electron chi connectivity index (χ0n) is 10.7. The van der Waals surface area contributed by atoms with Crippen molar-refractivity contribution in [2.45, 2.75) is 45.6 Å². The van der Waals surface area contributed by atoms with Gasteiger partial charge in [0, 0.05) is 25.6 Å². The molecule has 1 saturated heterocycles. The summed E-state index contributed by atoms with van der Waals surface area (Å²) in [4.78, 5) is 24.9. The third-order valence-corrected chi connectivity index (χ3v) is 3.05. The molecular weight excluding hydrogens is 204 g/mol. The minimum absolute atomic E-state index is 0.0103. The lowest BCUT2D eigenvalue weighted by Gasteiger charge is -2.27. The summed E-state index contributed by atoms with van der Waals surface area (Å²) in [5, 5.41) is 3.02. The van der Waals surface area contributed by atoms with Crippen LogP contribution in [-0.4, -0.2) is 35.8 Å². The summed E-state index contributed by atoms with van der Waals surface area (Å²) in [7, 11) is 1.74. The Balaban J connectivity index is 2.50. The van der Waals surface area contributed by atoms with Crippen molar-refractivity contribution in [1.82, 2.24) is 10.2 Å². The Hall–Kier alpha value is -1.06. The van der Waals surface area contributed by atoms with E-state index in [0.29, 0.717) is 13.0 Å². The summed E-state index contributed by atoms with van der Waals surface area (Å²) in [6.45, 7) is 6.69. The quantitative estimate of drug-likeness (QED) is 0.782. The van der Waals surface area contributed by atoms with Gasteiger partial charge in [-0.2, -0.15) is 0 Å². The first-order valence-corrected chi connectivity index (χ1v) is 5.91. The van der Waals surface area contributed by atoms with Crippen LogP contribution in [0, 0.1) is 5.92 Å². The number of hydrogen-bond donors (Lipinski definition) is 1. The predicted octanol–water partition coefficient (Wildman–Crippen LogP) is 1.16. The van der Waals surface area contributed by atoms with Crippen molar-refractivity contribution in [2.75, 3.05) is 13.6 Å². The molecule has 1 heterocycles. The molecule has 1 N–H and O–H groups in total. The van der Waals surface area contributed by atoms with E-state index >= 15 is 0 Å². The number of nitrogens with zero attached hydrogens (tertiary/aromatic N) is 1. The minimum Gasteiger partial charge on any atom is -0.351 e. The first-order chi connectivity index (χ1) is 7.35. The van der Waals surface area contributed by atoms with Crippen LogP contribution in [0.3, 0.4) is 0 Å². The molecule has 0 aromatic heterocycles. The molecule has 1 aliphatic heterocycles. The van der Waals surface area contributed by atoms with Crippen LogP contribution in [0.25, 0.3) is 0 Å². The van der Waals surface area contributed by atoms with Crippen LogP contribution in [0.4, 0.5) is 0 Å². The number of carbonyl (C=O) groups excluding carboxylic acids is 2. The lowest BCUT2D eigenvalue weighted by Crippen LogP contribution is -2.46. The van der Waals surface area contributed by atoms with Crippen molar-refractivity contribution < 1.29 is 9.59 Å². The maximum Gasteiger partial charge on any atom is 0.225 e. The predicted molar refractivity (Wildman–Crippen MR) is 62.9 cm³/mol. The molecule has 0 aliphatic carbocycles. The molecule has 1 unspecified atom stereocenters. The molecule has 92 valence electrons. The Morgan fingerprint density at radius 2 is 2.19 bits per heavy atom. The zero-order chi connectivity index (χ0) is 12.3. The average Bonchev–Trinajstić information content (AvgIpc) is 2.46. The fraction of sp³-hybridized carbons (Fsp3) is 0.833. The van der Waals surface area contributed by atoms with E-state index in [0.717, 1.165) is 12.8 Å². The zero-order valence-corrected chi connectivity index (χ0v) is 10.7. The Kier molecular flexibility index (Phi) is 3.94. The molecule has 1 atom stereocenters. The average molecular weight is 226 g/mol. The van der Waals surface area contributed by atoms with Crippen molar-refractivity contribution in [3.63, 3.8) is 0 Å². The van der Waals surface area contributed by atoms with Crippen molar-refractivity contribution in [3.8, 4) is 0 Å². The largest absolute Gasteiger partial charge is 0.351 e. The van der Waals surface area contributed by atoms with Crippen LogP contribution in [0.1, 0.15) is 40.0 Å². The first kappa shape index (κ1) is 13.0. The van der Waals surface area contributed by atoms with Gasteiger partial charge in [0.25, 0.3) is 0 Å². The van der Waals surface area contributed by atoms with E-state index in [9.17, 15) is 9.59 Å². The van der Waals surface area contributed by atoms with E-state index in [1.807, 2.05) is 13.8 Å².